The lowest BCUT2D eigenvalue weighted by atomic mass is 10.2. The van der Waals surface area contributed by atoms with Gasteiger partial charge < -0.3 is 15.7 Å². The highest BCUT2D eigenvalue weighted by molar-refractivity contribution is 7.18. The van der Waals surface area contributed by atoms with Crippen LogP contribution in [0.15, 0.2) is 42.5 Å². The number of carboxylic acids is 1. The van der Waals surface area contributed by atoms with E-state index in [1.54, 1.807) is 24.3 Å². The summed E-state index contributed by atoms with van der Waals surface area (Å²) in [6.07, 6.45) is 2.24. The Morgan fingerprint density at radius 3 is 2.42 bits per heavy atom. The number of carboxylic acid groups (broad SMARTS) is 1. The predicted octanol–water partition coefficient (Wildman–Crippen LogP) is 3.77. The van der Waals surface area contributed by atoms with E-state index in [0.29, 0.717) is 28.5 Å². The van der Waals surface area contributed by atoms with Gasteiger partial charge in [0.2, 0.25) is 0 Å². The number of thiophene rings is 1. The number of hydrogen-bond donors (Lipinski definition) is 4. The molecule has 7 nitrogen and oxygen atoms in total. The zero-order valence-corrected chi connectivity index (χ0v) is 15.0. The van der Waals surface area contributed by atoms with Crippen molar-refractivity contribution in [3.8, 4) is 0 Å². The zero-order valence-electron chi connectivity index (χ0n) is 14.2. The quantitative estimate of drug-likeness (QED) is 0.500. The number of anilines is 2. The fourth-order valence-corrected chi connectivity index (χ4v) is 3.01. The predicted molar refractivity (Wildman–Crippen MR) is 102 cm³/mol. The minimum Gasteiger partial charge on any atom is -0.481 e. The first-order valence-electron chi connectivity index (χ1n) is 8.27. The van der Waals surface area contributed by atoms with Gasteiger partial charge in [0, 0.05) is 18.7 Å². The highest BCUT2D eigenvalue weighted by Crippen LogP contribution is 2.22. The van der Waals surface area contributed by atoms with Crippen LogP contribution in [0.2, 0.25) is 0 Å². The molecule has 0 unspecified atom stereocenters. The van der Waals surface area contributed by atoms with Crippen LogP contribution in [0.3, 0.4) is 0 Å². The van der Waals surface area contributed by atoms with Crippen molar-refractivity contribution in [2.24, 2.45) is 0 Å². The molecule has 0 saturated carbocycles. The molecule has 138 valence electrons. The molecule has 0 radical (unpaired) electrons. The molecular weight excluding hydrogens is 354 g/mol. The van der Waals surface area contributed by atoms with Crippen molar-refractivity contribution in [3.05, 3.63) is 47.3 Å². The lowest BCUT2D eigenvalue weighted by Crippen LogP contribution is -2.23. The number of nitrogens with one attached hydrogen (secondary N) is 3. The number of hydrogen-bond acceptors (Lipinski definition) is 4. The molecule has 0 fully saturated rings. The highest BCUT2D eigenvalue weighted by atomic mass is 32.1. The van der Waals surface area contributed by atoms with Crippen molar-refractivity contribution in [1.82, 2.24) is 5.32 Å². The molecule has 3 amide bonds. The fourth-order valence-electron chi connectivity index (χ4n) is 2.19. The summed E-state index contributed by atoms with van der Waals surface area (Å²) in [6.45, 7) is 0.494. The minimum absolute atomic E-state index is 0.152. The number of carbonyl (C=O) groups excluding carboxylic acids is 2. The van der Waals surface area contributed by atoms with E-state index in [2.05, 4.69) is 16.0 Å². The van der Waals surface area contributed by atoms with Gasteiger partial charge in [-0.3, -0.25) is 14.9 Å². The third kappa shape index (κ3) is 6.94. The minimum atomic E-state index is -0.802. The number of benzene rings is 1. The van der Waals surface area contributed by atoms with Crippen molar-refractivity contribution in [1.29, 1.82) is 0 Å². The standard InChI is InChI=1S/C18H21N3O4S/c22-16(23)9-5-2-6-12-19-17(24)14-10-11-15(26-14)21-18(25)20-13-7-3-1-4-8-13/h1,3-4,7-8,10-11H,2,5-6,9,12H2,(H,19,24)(H,22,23)(H2,20,21,25). The van der Waals surface area contributed by atoms with Crippen LogP contribution < -0.4 is 16.0 Å². The Morgan fingerprint density at radius 1 is 0.923 bits per heavy atom. The van der Waals surface area contributed by atoms with Crippen LogP contribution in [0.5, 0.6) is 0 Å². The molecule has 4 N–H and O–H groups in total. The molecule has 1 aromatic carbocycles. The Morgan fingerprint density at radius 2 is 1.69 bits per heavy atom. The van der Waals surface area contributed by atoms with Gasteiger partial charge in [-0.1, -0.05) is 24.6 Å². The number of urea groups is 1. The first kappa shape index (κ1) is 19.5. The molecule has 26 heavy (non-hydrogen) atoms. The van der Waals surface area contributed by atoms with E-state index in [0.717, 1.165) is 12.8 Å². The van der Waals surface area contributed by atoms with Gasteiger partial charge in [0.25, 0.3) is 5.91 Å². The molecule has 0 bridgehead atoms. The molecule has 2 aromatic rings. The van der Waals surface area contributed by atoms with Crippen molar-refractivity contribution in [2.45, 2.75) is 25.7 Å². The molecule has 0 aliphatic carbocycles. The van der Waals surface area contributed by atoms with E-state index in [4.69, 9.17) is 5.11 Å². The first-order valence-corrected chi connectivity index (χ1v) is 9.09. The van der Waals surface area contributed by atoms with Crippen LogP contribution in [-0.4, -0.2) is 29.6 Å². The smallest absolute Gasteiger partial charge is 0.324 e. The van der Waals surface area contributed by atoms with Gasteiger partial charge in [-0.2, -0.15) is 0 Å². The summed E-state index contributed by atoms with van der Waals surface area (Å²) in [5.41, 5.74) is 0.683. The summed E-state index contributed by atoms with van der Waals surface area (Å²) in [6, 6.07) is 12.0. The Bertz CT molecular complexity index is 746. The third-order valence-electron chi connectivity index (χ3n) is 3.45. The number of carbonyl (C=O) groups is 3. The summed E-state index contributed by atoms with van der Waals surface area (Å²) in [4.78, 5) is 34.9. The maximum atomic E-state index is 12.1. The van der Waals surface area contributed by atoms with Crippen LogP contribution in [0.4, 0.5) is 15.5 Å². The second-order valence-corrected chi connectivity index (χ2v) is 6.65. The molecule has 0 aliphatic heterocycles. The fraction of sp³-hybridized carbons (Fsp3) is 0.278. The van der Waals surface area contributed by atoms with Crippen LogP contribution in [0.1, 0.15) is 35.4 Å². The van der Waals surface area contributed by atoms with Crippen LogP contribution >= 0.6 is 11.3 Å². The Kier molecular flexibility index (Phi) is 7.63. The number of amides is 3. The average Bonchev–Trinajstić information content (AvgIpc) is 3.06. The van der Waals surface area contributed by atoms with Gasteiger partial charge in [0.1, 0.15) is 0 Å². The van der Waals surface area contributed by atoms with Crippen LogP contribution in [-0.2, 0) is 4.79 Å². The summed E-state index contributed by atoms with van der Waals surface area (Å²) < 4.78 is 0. The van der Waals surface area contributed by atoms with Gasteiger partial charge in [0.05, 0.1) is 9.88 Å². The van der Waals surface area contributed by atoms with Gasteiger partial charge in [0.15, 0.2) is 0 Å². The average molecular weight is 375 g/mol. The van der Waals surface area contributed by atoms with E-state index in [-0.39, 0.29) is 18.4 Å². The van der Waals surface area contributed by atoms with Gasteiger partial charge >= 0.3 is 12.0 Å². The second kappa shape index (κ2) is 10.2. The number of rotatable bonds is 9. The Balaban J connectivity index is 1.71. The number of para-hydroxylation sites is 1. The van der Waals surface area contributed by atoms with Gasteiger partial charge in [-0.05, 0) is 37.1 Å². The normalized spacial score (nSPS) is 10.2. The topological polar surface area (TPSA) is 108 Å². The molecule has 1 aromatic heterocycles. The molecule has 1 heterocycles. The molecule has 0 atom stereocenters. The van der Waals surface area contributed by atoms with E-state index < -0.39 is 5.97 Å². The molecule has 0 spiro atoms. The lowest BCUT2D eigenvalue weighted by Gasteiger charge is -2.05. The summed E-state index contributed by atoms with van der Waals surface area (Å²) >= 11 is 1.19. The van der Waals surface area contributed by atoms with Crippen molar-refractivity contribution < 1.29 is 19.5 Å². The maximum absolute atomic E-state index is 12.1. The van der Waals surface area contributed by atoms with Crippen molar-refractivity contribution in [3.63, 3.8) is 0 Å². The SMILES string of the molecule is O=C(O)CCCCCNC(=O)c1ccc(NC(=O)Nc2ccccc2)s1. The van der Waals surface area contributed by atoms with Crippen LogP contribution in [0, 0.1) is 0 Å². The molecule has 0 saturated heterocycles. The summed E-state index contributed by atoms with van der Waals surface area (Å²) in [7, 11) is 0. The third-order valence-corrected chi connectivity index (χ3v) is 4.45. The molecule has 2 rings (SSSR count). The molecule has 0 aliphatic rings. The van der Waals surface area contributed by atoms with Crippen molar-refractivity contribution >= 4 is 39.9 Å². The Hall–Kier alpha value is -2.87. The molecule has 8 heteroatoms. The van der Waals surface area contributed by atoms with Gasteiger partial charge in [-0.15, -0.1) is 11.3 Å². The number of aliphatic carboxylic acids is 1. The van der Waals surface area contributed by atoms with E-state index in [1.807, 2.05) is 18.2 Å². The van der Waals surface area contributed by atoms with E-state index >= 15 is 0 Å². The van der Waals surface area contributed by atoms with Crippen molar-refractivity contribution in [2.75, 3.05) is 17.2 Å². The number of unbranched alkanes of at least 4 members (excludes halogenated alkanes) is 2. The zero-order chi connectivity index (χ0) is 18.8. The Labute approximate surface area is 155 Å². The first-order chi connectivity index (χ1) is 12.5. The monoisotopic (exact) mass is 375 g/mol. The van der Waals surface area contributed by atoms with E-state index in [9.17, 15) is 14.4 Å². The van der Waals surface area contributed by atoms with E-state index in [1.165, 1.54) is 11.3 Å². The highest BCUT2D eigenvalue weighted by Gasteiger charge is 2.10. The summed E-state index contributed by atoms with van der Waals surface area (Å²) in [5, 5.41) is 17.3. The maximum Gasteiger partial charge on any atom is 0.324 e. The van der Waals surface area contributed by atoms with Crippen LogP contribution in [0.25, 0.3) is 0 Å². The molecular formula is C18H21N3O4S. The summed E-state index contributed by atoms with van der Waals surface area (Å²) in [5.74, 6) is -1.01. The van der Waals surface area contributed by atoms with Gasteiger partial charge in [-0.25, -0.2) is 4.79 Å². The lowest BCUT2D eigenvalue weighted by molar-refractivity contribution is -0.137. The largest absolute Gasteiger partial charge is 0.481 e. The second-order valence-electron chi connectivity index (χ2n) is 5.57.